The van der Waals surface area contributed by atoms with Crippen LogP contribution in [0.5, 0.6) is 0 Å². The summed E-state index contributed by atoms with van der Waals surface area (Å²) in [5.41, 5.74) is 13.9. The van der Waals surface area contributed by atoms with E-state index in [1.807, 2.05) is 0 Å². The van der Waals surface area contributed by atoms with E-state index in [9.17, 15) is 0 Å². The molecule has 1 aromatic carbocycles. The van der Waals surface area contributed by atoms with Gasteiger partial charge in [0.2, 0.25) is 0 Å². The predicted molar refractivity (Wildman–Crippen MR) is 118 cm³/mol. The Labute approximate surface area is 174 Å². The van der Waals surface area contributed by atoms with E-state index < -0.39 is 5.66 Å². The number of nitrogens with two attached hydrogens (primary N) is 2. The fraction of sp³-hybridized carbons (Fsp3) is 0.524. The number of aromatic nitrogens is 1. The smallest absolute Gasteiger partial charge is 0.189 e. The van der Waals surface area contributed by atoms with E-state index in [1.54, 1.807) is 23.9 Å². The molecule has 0 bridgehead atoms. The second-order valence-corrected chi connectivity index (χ2v) is 9.76. The number of hydrogen-bond acceptors (Lipinski definition) is 8. The van der Waals surface area contributed by atoms with E-state index in [4.69, 9.17) is 21.2 Å². The fourth-order valence-corrected chi connectivity index (χ4v) is 6.04. The van der Waals surface area contributed by atoms with Gasteiger partial charge in [-0.15, -0.1) is 0 Å². The van der Waals surface area contributed by atoms with Crippen LogP contribution in [-0.4, -0.2) is 34.9 Å². The Morgan fingerprint density at radius 2 is 2.14 bits per heavy atom. The van der Waals surface area contributed by atoms with Crippen LogP contribution in [-0.2, 0) is 11.2 Å². The van der Waals surface area contributed by atoms with E-state index in [0.717, 1.165) is 27.3 Å². The van der Waals surface area contributed by atoms with Gasteiger partial charge < -0.3 is 26.4 Å². The molecule has 2 aliphatic heterocycles. The third kappa shape index (κ3) is 3.19. The summed E-state index contributed by atoms with van der Waals surface area (Å²) in [6.45, 7) is 4.32. The second kappa shape index (κ2) is 6.68. The van der Waals surface area contributed by atoms with Crippen LogP contribution in [0.4, 0.5) is 5.13 Å². The molecular formula is C21H28N6OS. The van der Waals surface area contributed by atoms with Gasteiger partial charge in [-0.3, -0.25) is 0 Å². The van der Waals surface area contributed by atoms with Crippen molar-refractivity contribution >= 4 is 33.0 Å². The van der Waals surface area contributed by atoms with Crippen LogP contribution >= 0.6 is 11.3 Å². The average molecular weight is 413 g/mol. The summed E-state index contributed by atoms with van der Waals surface area (Å²) in [5.74, 6) is 0. The van der Waals surface area contributed by atoms with Crippen LogP contribution in [0.3, 0.4) is 0 Å². The van der Waals surface area contributed by atoms with Gasteiger partial charge in [-0.2, -0.15) is 0 Å². The van der Waals surface area contributed by atoms with Crippen molar-refractivity contribution in [3.63, 3.8) is 0 Å². The van der Waals surface area contributed by atoms with Crippen molar-refractivity contribution in [2.24, 2.45) is 16.5 Å². The number of rotatable bonds is 3. The number of hydrogen-bond donors (Lipinski definition) is 3. The van der Waals surface area contributed by atoms with Gasteiger partial charge in [0.05, 0.1) is 34.4 Å². The molecule has 154 valence electrons. The summed E-state index contributed by atoms with van der Waals surface area (Å²) in [5, 5.41) is 3.93. The Morgan fingerprint density at radius 3 is 2.97 bits per heavy atom. The van der Waals surface area contributed by atoms with Crippen molar-refractivity contribution in [2.75, 3.05) is 4.90 Å². The zero-order valence-electron chi connectivity index (χ0n) is 16.9. The number of nitrogens with zero attached hydrogens (tertiary/aromatic N) is 3. The molecule has 1 unspecified atom stereocenters. The lowest BCUT2D eigenvalue weighted by Crippen LogP contribution is -2.48. The Balaban J connectivity index is 1.46. The van der Waals surface area contributed by atoms with E-state index in [-0.39, 0.29) is 5.72 Å². The highest BCUT2D eigenvalue weighted by atomic mass is 32.1. The molecule has 0 spiro atoms. The van der Waals surface area contributed by atoms with Crippen LogP contribution in [0.15, 0.2) is 35.1 Å². The maximum Gasteiger partial charge on any atom is 0.189 e. The summed E-state index contributed by atoms with van der Waals surface area (Å²) in [6.07, 6.45) is 8.97. The molecule has 1 saturated heterocycles. The standard InChI is InChI=1S/C21H28N6OS/c1-20(2)27(15-5-3-4-6-16(15)28-20)19-26-14-8-7-13(9-17(14)29-19)10-21(23)18(22)11-24-12-25-21/h7-9,11-12,15-16H,3-6,10,22-23H2,1-2H3,(H,24,25)/t15-,16-,21?/m1/s1. The first-order chi connectivity index (χ1) is 13.9. The summed E-state index contributed by atoms with van der Waals surface area (Å²) < 4.78 is 7.55. The Kier molecular flexibility index (Phi) is 4.34. The first kappa shape index (κ1) is 18.8. The molecule has 3 atom stereocenters. The summed E-state index contributed by atoms with van der Waals surface area (Å²) in [7, 11) is 0. The molecule has 1 saturated carbocycles. The summed E-state index contributed by atoms with van der Waals surface area (Å²) in [4.78, 5) is 11.7. The number of ether oxygens (including phenoxy) is 1. The van der Waals surface area contributed by atoms with Crippen molar-refractivity contribution in [1.82, 2.24) is 10.3 Å². The molecule has 5 rings (SSSR count). The number of benzene rings is 1. The molecule has 3 aliphatic rings. The first-order valence-corrected chi connectivity index (χ1v) is 11.1. The van der Waals surface area contributed by atoms with Gasteiger partial charge in [0.1, 0.15) is 5.72 Å². The number of fused-ring (bicyclic) bond motifs is 2. The topological polar surface area (TPSA) is 102 Å². The zero-order valence-corrected chi connectivity index (χ0v) is 17.7. The molecule has 7 nitrogen and oxygen atoms in total. The maximum atomic E-state index is 6.42. The largest absolute Gasteiger partial charge is 0.398 e. The highest BCUT2D eigenvalue weighted by Gasteiger charge is 2.49. The van der Waals surface area contributed by atoms with Gasteiger partial charge >= 0.3 is 0 Å². The lowest BCUT2D eigenvalue weighted by molar-refractivity contribution is -0.0243. The molecule has 0 radical (unpaired) electrons. The van der Waals surface area contributed by atoms with Gasteiger partial charge in [-0.05, 0) is 44.4 Å². The highest BCUT2D eigenvalue weighted by Crippen LogP contribution is 2.44. The molecule has 1 aliphatic carbocycles. The summed E-state index contributed by atoms with van der Waals surface area (Å²) >= 11 is 1.73. The number of nitrogens with one attached hydrogen (secondary N) is 1. The molecule has 1 aromatic heterocycles. The highest BCUT2D eigenvalue weighted by molar-refractivity contribution is 7.22. The molecular weight excluding hydrogens is 384 g/mol. The normalized spacial score (nSPS) is 30.9. The third-order valence-electron chi connectivity index (χ3n) is 6.25. The van der Waals surface area contributed by atoms with Crippen LogP contribution in [0.1, 0.15) is 45.1 Å². The van der Waals surface area contributed by atoms with Crippen LogP contribution < -0.4 is 21.7 Å². The number of aliphatic imine (C=N–C) groups is 1. The number of thiazole rings is 1. The average Bonchev–Trinajstić information content (AvgIpc) is 3.19. The third-order valence-corrected chi connectivity index (χ3v) is 7.27. The molecule has 5 N–H and O–H groups in total. The fourth-order valence-electron chi connectivity index (χ4n) is 4.82. The van der Waals surface area contributed by atoms with Crippen LogP contribution in [0, 0.1) is 0 Å². The quantitative estimate of drug-likeness (QED) is 0.717. The molecule has 2 fully saturated rings. The Morgan fingerprint density at radius 1 is 1.31 bits per heavy atom. The van der Waals surface area contributed by atoms with Crippen molar-refractivity contribution in [3.8, 4) is 0 Å². The lowest BCUT2D eigenvalue weighted by Gasteiger charge is -2.34. The van der Waals surface area contributed by atoms with Gasteiger partial charge in [-0.1, -0.05) is 30.2 Å². The van der Waals surface area contributed by atoms with E-state index >= 15 is 0 Å². The van der Waals surface area contributed by atoms with E-state index in [0.29, 0.717) is 24.3 Å². The Hall–Kier alpha value is -2.16. The van der Waals surface area contributed by atoms with E-state index in [1.165, 1.54) is 19.3 Å². The first-order valence-electron chi connectivity index (χ1n) is 10.3. The molecule has 0 amide bonds. The molecule has 8 heteroatoms. The van der Waals surface area contributed by atoms with Crippen molar-refractivity contribution in [3.05, 3.63) is 35.7 Å². The molecule has 2 aromatic rings. The van der Waals surface area contributed by atoms with Crippen molar-refractivity contribution < 1.29 is 4.74 Å². The van der Waals surface area contributed by atoms with Gasteiger partial charge in [0.15, 0.2) is 10.8 Å². The monoisotopic (exact) mass is 412 g/mol. The van der Waals surface area contributed by atoms with Crippen LogP contribution in [0.25, 0.3) is 10.2 Å². The maximum absolute atomic E-state index is 6.42. The van der Waals surface area contributed by atoms with Crippen molar-refractivity contribution in [1.29, 1.82) is 0 Å². The minimum atomic E-state index is -0.910. The SMILES string of the molecule is CC1(C)O[C@@H]2CCCC[C@H]2N1c1nc2ccc(CC3(N)N=CNC=C3N)cc2s1. The van der Waals surface area contributed by atoms with Gasteiger partial charge in [0.25, 0.3) is 0 Å². The Bertz CT molecular complexity index is 998. The van der Waals surface area contributed by atoms with Crippen LogP contribution in [0.2, 0.25) is 0 Å². The number of anilines is 1. The predicted octanol–water partition coefficient (Wildman–Crippen LogP) is 2.81. The molecule has 3 heterocycles. The molecule has 29 heavy (non-hydrogen) atoms. The lowest BCUT2D eigenvalue weighted by atomic mass is 9.92. The zero-order chi connectivity index (χ0) is 20.2. The van der Waals surface area contributed by atoms with Crippen molar-refractivity contribution in [2.45, 2.75) is 69.5 Å². The minimum absolute atomic E-state index is 0.311. The van der Waals surface area contributed by atoms with E-state index in [2.05, 4.69) is 47.3 Å². The minimum Gasteiger partial charge on any atom is -0.398 e. The van der Waals surface area contributed by atoms with Gasteiger partial charge in [-0.25, -0.2) is 9.98 Å². The second-order valence-electron chi connectivity index (χ2n) is 8.75. The van der Waals surface area contributed by atoms with Gasteiger partial charge in [0, 0.05) is 12.6 Å². The summed E-state index contributed by atoms with van der Waals surface area (Å²) in [6, 6.07) is 6.72.